The lowest BCUT2D eigenvalue weighted by Gasteiger charge is -2.06. The zero-order chi connectivity index (χ0) is 9.26. The molecule has 0 unspecified atom stereocenters. The van der Waals surface area contributed by atoms with Crippen LogP contribution in [0.15, 0.2) is 36.4 Å². The van der Waals surface area contributed by atoms with Gasteiger partial charge in [-0.2, -0.15) is 0 Å². The van der Waals surface area contributed by atoms with Crippen LogP contribution in [-0.2, 0) is 9.53 Å². The van der Waals surface area contributed by atoms with Gasteiger partial charge in [-0.1, -0.05) is 30.3 Å². The third kappa shape index (κ3) is 1.46. The largest absolute Gasteiger partial charge is 0.428 e. The van der Waals surface area contributed by atoms with Gasteiger partial charge in [0.2, 0.25) is 6.29 Å². The number of ether oxygens (including phenoxy) is 1. The van der Waals surface area contributed by atoms with Crippen molar-refractivity contribution >= 4 is 11.5 Å². The number of aliphatic hydroxyl groups is 1. The van der Waals surface area contributed by atoms with Gasteiger partial charge >= 0.3 is 5.97 Å². The van der Waals surface area contributed by atoms with E-state index in [1.165, 1.54) is 6.08 Å². The Morgan fingerprint density at radius 3 is 2.46 bits per heavy atom. The lowest BCUT2D eigenvalue weighted by molar-refractivity contribution is -0.149. The number of cyclic esters (lactones) is 1. The third-order valence-corrected chi connectivity index (χ3v) is 1.87. The topological polar surface area (TPSA) is 46.5 Å². The van der Waals surface area contributed by atoms with Gasteiger partial charge < -0.3 is 9.84 Å². The van der Waals surface area contributed by atoms with E-state index in [-0.39, 0.29) is 0 Å². The van der Waals surface area contributed by atoms with Gasteiger partial charge in [0.25, 0.3) is 0 Å². The van der Waals surface area contributed by atoms with Gasteiger partial charge in [-0.15, -0.1) is 0 Å². The summed E-state index contributed by atoms with van der Waals surface area (Å²) >= 11 is 0. The van der Waals surface area contributed by atoms with Crippen LogP contribution in [0.3, 0.4) is 0 Å². The number of hydrogen-bond donors (Lipinski definition) is 1. The number of benzene rings is 1. The minimum Gasteiger partial charge on any atom is -0.428 e. The maximum Gasteiger partial charge on any atom is 0.333 e. The first-order valence-corrected chi connectivity index (χ1v) is 3.93. The Labute approximate surface area is 75.3 Å². The Bertz CT molecular complexity index is 354. The molecule has 0 saturated carbocycles. The van der Waals surface area contributed by atoms with Crippen molar-refractivity contribution in [2.45, 2.75) is 6.29 Å². The summed E-state index contributed by atoms with van der Waals surface area (Å²) in [5.41, 5.74) is 1.33. The van der Waals surface area contributed by atoms with Crippen LogP contribution in [0.1, 0.15) is 5.56 Å². The van der Waals surface area contributed by atoms with Crippen molar-refractivity contribution in [2.75, 3.05) is 0 Å². The molecule has 66 valence electrons. The Morgan fingerprint density at radius 2 is 1.92 bits per heavy atom. The van der Waals surface area contributed by atoms with Crippen LogP contribution in [-0.4, -0.2) is 17.4 Å². The summed E-state index contributed by atoms with van der Waals surface area (Å²) in [5, 5.41) is 9.30. The highest BCUT2D eigenvalue weighted by molar-refractivity contribution is 5.96. The van der Waals surface area contributed by atoms with Crippen LogP contribution in [0.25, 0.3) is 5.57 Å². The van der Waals surface area contributed by atoms with Crippen molar-refractivity contribution in [3.63, 3.8) is 0 Å². The normalized spacial score (nSPS) is 21.2. The number of hydrogen-bond acceptors (Lipinski definition) is 3. The van der Waals surface area contributed by atoms with Crippen LogP contribution < -0.4 is 0 Å². The SMILES string of the molecule is O=C1C=C(c2ccccc2)[C@H](O)O1. The highest BCUT2D eigenvalue weighted by Gasteiger charge is 2.24. The first-order valence-electron chi connectivity index (χ1n) is 3.93. The summed E-state index contributed by atoms with van der Waals surface area (Å²) in [6.45, 7) is 0. The zero-order valence-electron chi connectivity index (χ0n) is 6.81. The van der Waals surface area contributed by atoms with Crippen molar-refractivity contribution < 1.29 is 14.6 Å². The average molecular weight is 176 g/mol. The molecule has 1 aromatic carbocycles. The molecule has 0 spiro atoms. The van der Waals surface area contributed by atoms with Gasteiger partial charge in [0, 0.05) is 11.6 Å². The molecule has 0 amide bonds. The third-order valence-electron chi connectivity index (χ3n) is 1.87. The molecule has 1 atom stereocenters. The van der Waals surface area contributed by atoms with Gasteiger partial charge in [-0.3, -0.25) is 0 Å². The summed E-state index contributed by atoms with van der Waals surface area (Å²) in [4.78, 5) is 10.8. The van der Waals surface area contributed by atoms with Crippen molar-refractivity contribution in [1.29, 1.82) is 0 Å². The van der Waals surface area contributed by atoms with Gasteiger partial charge in [0.1, 0.15) is 0 Å². The molecule has 2 rings (SSSR count). The lowest BCUT2D eigenvalue weighted by Crippen LogP contribution is -2.09. The second-order valence-corrected chi connectivity index (χ2v) is 2.75. The Morgan fingerprint density at radius 1 is 1.23 bits per heavy atom. The monoisotopic (exact) mass is 176 g/mol. The molecule has 13 heavy (non-hydrogen) atoms. The van der Waals surface area contributed by atoms with Gasteiger partial charge in [0.15, 0.2) is 0 Å². The molecule has 0 fully saturated rings. The number of rotatable bonds is 1. The van der Waals surface area contributed by atoms with E-state index in [4.69, 9.17) is 0 Å². The average Bonchev–Trinajstić information content (AvgIpc) is 2.47. The van der Waals surface area contributed by atoms with Gasteiger partial charge in [0.05, 0.1) is 0 Å². The molecule has 0 bridgehead atoms. The lowest BCUT2D eigenvalue weighted by atomic mass is 10.1. The summed E-state index contributed by atoms with van der Waals surface area (Å²) in [6.07, 6.45) is 0.190. The molecule has 0 aromatic heterocycles. The minimum absolute atomic E-state index is 0.494. The van der Waals surface area contributed by atoms with E-state index in [2.05, 4.69) is 4.74 Å². The van der Waals surface area contributed by atoms with E-state index in [0.717, 1.165) is 5.56 Å². The van der Waals surface area contributed by atoms with Crippen LogP contribution >= 0.6 is 0 Å². The van der Waals surface area contributed by atoms with Crippen LogP contribution in [0.2, 0.25) is 0 Å². The van der Waals surface area contributed by atoms with Crippen molar-refractivity contribution in [1.82, 2.24) is 0 Å². The molecule has 0 radical (unpaired) electrons. The Kier molecular flexibility index (Phi) is 1.87. The number of carbonyl (C=O) groups is 1. The summed E-state index contributed by atoms with van der Waals surface area (Å²) in [7, 11) is 0. The zero-order valence-corrected chi connectivity index (χ0v) is 6.81. The maximum absolute atomic E-state index is 10.8. The summed E-state index contributed by atoms with van der Waals surface area (Å²) < 4.78 is 4.55. The van der Waals surface area contributed by atoms with Crippen LogP contribution in [0, 0.1) is 0 Å². The second-order valence-electron chi connectivity index (χ2n) is 2.75. The van der Waals surface area contributed by atoms with E-state index in [9.17, 15) is 9.90 Å². The molecule has 3 nitrogen and oxygen atoms in total. The van der Waals surface area contributed by atoms with Crippen molar-refractivity contribution in [3.05, 3.63) is 42.0 Å². The molecule has 1 heterocycles. The van der Waals surface area contributed by atoms with E-state index in [1.807, 2.05) is 30.3 Å². The molecule has 0 aliphatic carbocycles. The fourth-order valence-electron chi connectivity index (χ4n) is 1.26. The molecule has 1 aliphatic heterocycles. The minimum atomic E-state index is -1.12. The predicted molar refractivity (Wildman–Crippen MR) is 46.5 cm³/mol. The second kappa shape index (κ2) is 3.03. The number of aliphatic hydroxyl groups excluding tert-OH is 1. The highest BCUT2D eigenvalue weighted by atomic mass is 16.6. The van der Waals surface area contributed by atoms with E-state index in [1.54, 1.807) is 0 Å². The first kappa shape index (κ1) is 8.01. The highest BCUT2D eigenvalue weighted by Crippen LogP contribution is 2.23. The summed E-state index contributed by atoms with van der Waals surface area (Å²) in [5.74, 6) is -0.494. The van der Waals surface area contributed by atoms with Crippen LogP contribution in [0.5, 0.6) is 0 Å². The molecule has 3 heteroatoms. The first-order chi connectivity index (χ1) is 6.27. The quantitative estimate of drug-likeness (QED) is 0.648. The van der Waals surface area contributed by atoms with E-state index in [0.29, 0.717) is 5.57 Å². The molecule has 1 aromatic rings. The van der Waals surface area contributed by atoms with E-state index < -0.39 is 12.3 Å². The van der Waals surface area contributed by atoms with E-state index >= 15 is 0 Å². The maximum atomic E-state index is 10.8. The Balaban J connectivity index is 2.37. The molecule has 0 saturated heterocycles. The fourth-order valence-corrected chi connectivity index (χ4v) is 1.26. The van der Waals surface area contributed by atoms with Gasteiger partial charge in [-0.05, 0) is 5.56 Å². The van der Waals surface area contributed by atoms with Crippen LogP contribution in [0.4, 0.5) is 0 Å². The molecular formula is C10H8O3. The molecule has 1 aliphatic rings. The predicted octanol–water partition coefficient (Wildman–Crippen LogP) is 0.945. The standard InChI is InChI=1S/C10H8O3/c11-9-6-8(10(12)13-9)7-4-2-1-3-5-7/h1-6,10,12H/t10-/m1/s1. The number of esters is 1. The smallest absolute Gasteiger partial charge is 0.333 e. The number of carbonyl (C=O) groups excluding carboxylic acids is 1. The Hall–Kier alpha value is -1.61. The fraction of sp³-hybridized carbons (Fsp3) is 0.100. The van der Waals surface area contributed by atoms with Crippen molar-refractivity contribution in [2.24, 2.45) is 0 Å². The molecular weight excluding hydrogens is 168 g/mol. The molecule has 1 N–H and O–H groups in total. The summed E-state index contributed by atoms with van der Waals surface area (Å²) in [6, 6.07) is 9.18. The van der Waals surface area contributed by atoms with Gasteiger partial charge in [-0.25, -0.2) is 4.79 Å². The van der Waals surface area contributed by atoms with Crippen molar-refractivity contribution in [3.8, 4) is 0 Å².